The van der Waals surface area contributed by atoms with Crippen molar-refractivity contribution in [3.63, 3.8) is 0 Å². The summed E-state index contributed by atoms with van der Waals surface area (Å²) in [6.45, 7) is 5.13. The van der Waals surface area contributed by atoms with Crippen molar-refractivity contribution in [1.29, 1.82) is 0 Å². The highest BCUT2D eigenvalue weighted by Crippen LogP contribution is 2.44. The van der Waals surface area contributed by atoms with E-state index in [9.17, 15) is 0 Å². The highest BCUT2D eigenvalue weighted by atomic mass is 32.1. The average molecular weight is 335 g/mol. The van der Waals surface area contributed by atoms with Crippen LogP contribution in [0.2, 0.25) is 0 Å². The van der Waals surface area contributed by atoms with E-state index in [0.29, 0.717) is 12.0 Å². The van der Waals surface area contributed by atoms with Gasteiger partial charge in [-0.25, -0.2) is 4.98 Å². The summed E-state index contributed by atoms with van der Waals surface area (Å²) in [5.41, 5.74) is 1.19. The van der Waals surface area contributed by atoms with Crippen molar-refractivity contribution in [2.24, 2.45) is 16.8 Å². The molecule has 0 aromatic carbocycles. The van der Waals surface area contributed by atoms with Crippen LogP contribution < -0.4 is 10.6 Å². The van der Waals surface area contributed by atoms with E-state index >= 15 is 0 Å². The molecule has 0 radical (unpaired) electrons. The van der Waals surface area contributed by atoms with Gasteiger partial charge in [0.25, 0.3) is 0 Å². The lowest BCUT2D eigenvalue weighted by Gasteiger charge is -2.22. The summed E-state index contributed by atoms with van der Waals surface area (Å²) in [5.74, 6) is 3.25. The zero-order valence-corrected chi connectivity index (χ0v) is 15.5. The van der Waals surface area contributed by atoms with E-state index in [1.54, 1.807) is 11.3 Å². The molecule has 0 aliphatic heterocycles. The van der Waals surface area contributed by atoms with E-state index in [2.05, 4.69) is 39.8 Å². The Kier molecular flexibility index (Phi) is 5.57. The number of guanidine groups is 1. The Hall–Kier alpha value is -1.10. The van der Waals surface area contributed by atoms with Crippen LogP contribution in [-0.4, -0.2) is 24.0 Å². The van der Waals surface area contributed by atoms with Gasteiger partial charge in [-0.2, -0.15) is 0 Å². The molecule has 2 N–H and O–H groups in total. The fourth-order valence-corrected chi connectivity index (χ4v) is 4.56. The molecule has 2 atom stereocenters. The molecule has 0 spiro atoms. The van der Waals surface area contributed by atoms with Gasteiger partial charge in [-0.3, -0.25) is 4.99 Å². The van der Waals surface area contributed by atoms with Gasteiger partial charge in [0, 0.05) is 18.5 Å². The summed E-state index contributed by atoms with van der Waals surface area (Å²) < 4.78 is 0. The Balaban J connectivity index is 1.43. The first-order valence-corrected chi connectivity index (χ1v) is 9.97. The van der Waals surface area contributed by atoms with Crippen molar-refractivity contribution >= 4 is 17.3 Å². The highest BCUT2D eigenvalue weighted by molar-refractivity contribution is 7.09. The summed E-state index contributed by atoms with van der Waals surface area (Å²) in [4.78, 5) is 9.05. The number of aliphatic imine (C=N–C) groups is 1. The van der Waals surface area contributed by atoms with Gasteiger partial charge in [0.1, 0.15) is 5.01 Å². The Bertz CT molecular complexity index is 531. The first-order valence-electron chi connectivity index (χ1n) is 9.09. The Morgan fingerprint density at radius 3 is 2.78 bits per heavy atom. The Morgan fingerprint density at radius 1 is 1.35 bits per heavy atom. The molecule has 2 fully saturated rings. The van der Waals surface area contributed by atoms with Crippen LogP contribution in [0.1, 0.15) is 69.0 Å². The molecule has 1 aromatic heterocycles. The maximum Gasteiger partial charge on any atom is 0.191 e. The molecule has 0 bridgehead atoms. The standard InChI is InChI=1S/C18H30N4S/c1-12(2)16-11-23-17(21-16)10-20-18(19-3)22-15-9-14(15)13-7-5-4-6-8-13/h11-15H,4-10H2,1-3H3,(H2,19,20,22). The minimum atomic E-state index is 0.500. The molecule has 1 aromatic rings. The van der Waals surface area contributed by atoms with E-state index in [4.69, 9.17) is 0 Å². The number of nitrogens with one attached hydrogen (secondary N) is 2. The summed E-state index contributed by atoms with van der Waals surface area (Å²) in [5, 5.41) is 10.3. The average Bonchev–Trinajstić information content (AvgIpc) is 3.17. The van der Waals surface area contributed by atoms with Gasteiger partial charge < -0.3 is 10.6 Å². The molecule has 128 valence electrons. The van der Waals surface area contributed by atoms with Crippen molar-refractivity contribution in [1.82, 2.24) is 15.6 Å². The molecule has 5 heteroatoms. The number of rotatable bonds is 5. The largest absolute Gasteiger partial charge is 0.353 e. The van der Waals surface area contributed by atoms with Crippen LogP contribution in [0.25, 0.3) is 0 Å². The molecule has 3 rings (SSSR count). The van der Waals surface area contributed by atoms with Gasteiger partial charge in [0.05, 0.1) is 12.2 Å². The van der Waals surface area contributed by atoms with Gasteiger partial charge in [0.15, 0.2) is 5.96 Å². The normalized spacial score (nSPS) is 25.7. The minimum Gasteiger partial charge on any atom is -0.353 e. The quantitative estimate of drug-likeness (QED) is 0.634. The van der Waals surface area contributed by atoms with Gasteiger partial charge in [-0.05, 0) is 24.2 Å². The van der Waals surface area contributed by atoms with Crippen LogP contribution in [-0.2, 0) is 6.54 Å². The number of aromatic nitrogens is 1. The maximum absolute atomic E-state index is 4.67. The summed E-state index contributed by atoms with van der Waals surface area (Å²) in [7, 11) is 1.86. The molecule has 0 amide bonds. The van der Waals surface area contributed by atoms with Crippen molar-refractivity contribution < 1.29 is 0 Å². The summed E-state index contributed by atoms with van der Waals surface area (Å²) in [6.07, 6.45) is 8.50. The van der Waals surface area contributed by atoms with E-state index < -0.39 is 0 Å². The van der Waals surface area contributed by atoms with E-state index in [1.807, 2.05) is 7.05 Å². The third-order valence-electron chi connectivity index (χ3n) is 5.21. The smallest absolute Gasteiger partial charge is 0.191 e. The Morgan fingerprint density at radius 2 is 2.13 bits per heavy atom. The first kappa shape index (κ1) is 16.7. The van der Waals surface area contributed by atoms with E-state index in [-0.39, 0.29) is 0 Å². The third kappa shape index (κ3) is 4.46. The minimum absolute atomic E-state index is 0.500. The fraction of sp³-hybridized carbons (Fsp3) is 0.778. The number of nitrogens with zero attached hydrogens (tertiary/aromatic N) is 2. The summed E-state index contributed by atoms with van der Waals surface area (Å²) >= 11 is 1.73. The first-order chi connectivity index (χ1) is 11.2. The second-order valence-corrected chi connectivity index (χ2v) is 8.24. The lowest BCUT2D eigenvalue weighted by atomic mass is 9.85. The van der Waals surface area contributed by atoms with Crippen molar-refractivity contribution in [2.75, 3.05) is 7.05 Å². The summed E-state index contributed by atoms with van der Waals surface area (Å²) in [6, 6.07) is 0.631. The van der Waals surface area contributed by atoms with Crippen LogP contribution in [0.15, 0.2) is 10.4 Å². The van der Waals surface area contributed by atoms with E-state index in [1.165, 1.54) is 44.2 Å². The zero-order valence-electron chi connectivity index (χ0n) is 14.6. The van der Waals surface area contributed by atoms with Crippen LogP contribution in [0.5, 0.6) is 0 Å². The van der Waals surface area contributed by atoms with Gasteiger partial charge >= 0.3 is 0 Å². The molecule has 4 nitrogen and oxygen atoms in total. The van der Waals surface area contributed by atoms with Gasteiger partial charge in [0.2, 0.25) is 0 Å². The van der Waals surface area contributed by atoms with Crippen LogP contribution in [0, 0.1) is 11.8 Å². The lowest BCUT2D eigenvalue weighted by molar-refractivity contribution is 0.315. The third-order valence-corrected chi connectivity index (χ3v) is 6.08. The second kappa shape index (κ2) is 7.65. The van der Waals surface area contributed by atoms with Crippen molar-refractivity contribution in [3.05, 3.63) is 16.1 Å². The van der Waals surface area contributed by atoms with Crippen LogP contribution in [0.4, 0.5) is 0 Å². The van der Waals surface area contributed by atoms with Gasteiger partial charge in [-0.1, -0.05) is 46.0 Å². The van der Waals surface area contributed by atoms with Gasteiger partial charge in [-0.15, -0.1) is 11.3 Å². The molecule has 2 aliphatic rings. The zero-order chi connectivity index (χ0) is 16.2. The molecule has 2 aliphatic carbocycles. The number of hydrogen-bond donors (Lipinski definition) is 2. The molecule has 1 heterocycles. The fourth-order valence-electron chi connectivity index (χ4n) is 3.66. The predicted molar refractivity (Wildman–Crippen MR) is 98.0 cm³/mol. The second-order valence-electron chi connectivity index (χ2n) is 7.30. The number of hydrogen-bond acceptors (Lipinski definition) is 3. The molecular weight excluding hydrogens is 304 g/mol. The lowest BCUT2D eigenvalue weighted by Crippen LogP contribution is -2.39. The molecule has 23 heavy (non-hydrogen) atoms. The van der Waals surface area contributed by atoms with Crippen molar-refractivity contribution in [3.8, 4) is 0 Å². The van der Waals surface area contributed by atoms with E-state index in [0.717, 1.165) is 29.3 Å². The predicted octanol–water partition coefficient (Wildman–Crippen LogP) is 3.90. The van der Waals surface area contributed by atoms with Crippen molar-refractivity contribution in [2.45, 2.75) is 70.9 Å². The van der Waals surface area contributed by atoms with Crippen LogP contribution >= 0.6 is 11.3 Å². The highest BCUT2D eigenvalue weighted by Gasteiger charge is 2.43. The maximum atomic E-state index is 4.67. The topological polar surface area (TPSA) is 49.3 Å². The van der Waals surface area contributed by atoms with Crippen LogP contribution in [0.3, 0.4) is 0 Å². The monoisotopic (exact) mass is 334 g/mol. The molecule has 0 saturated heterocycles. The molecular formula is C18H30N4S. The molecule has 2 unspecified atom stereocenters. The Labute approximate surface area is 144 Å². The molecule has 2 saturated carbocycles. The SMILES string of the molecule is CN=C(NCc1nc(C(C)C)cs1)NC1CC1C1CCCCC1. The number of thiazole rings is 1.